The molecular weight excluding hydrogens is 262 g/mol. The molecule has 0 saturated carbocycles. The molecule has 88 valence electrons. The highest BCUT2D eigenvalue weighted by Gasteiger charge is 2.31. The van der Waals surface area contributed by atoms with E-state index in [2.05, 4.69) is 59.4 Å². The van der Waals surface area contributed by atoms with E-state index in [1.807, 2.05) is 0 Å². The largest absolute Gasteiger partial charge is 0.316 e. The lowest BCUT2D eigenvalue weighted by atomic mass is 9.70. The van der Waals surface area contributed by atoms with Crippen LogP contribution in [0.1, 0.15) is 32.3 Å². The van der Waals surface area contributed by atoms with Crippen molar-refractivity contribution in [3.63, 3.8) is 0 Å². The Hall–Kier alpha value is -0.340. The minimum Gasteiger partial charge on any atom is -0.316 e. The van der Waals surface area contributed by atoms with Gasteiger partial charge in [-0.2, -0.15) is 0 Å². The summed E-state index contributed by atoms with van der Waals surface area (Å²) in [5.74, 6) is 0.752. The summed E-state index contributed by atoms with van der Waals surface area (Å²) < 4.78 is 1.16. The van der Waals surface area contributed by atoms with Gasteiger partial charge in [-0.25, -0.2) is 0 Å². The monoisotopic (exact) mass is 281 g/mol. The van der Waals surface area contributed by atoms with Crippen LogP contribution in [-0.2, 0) is 5.41 Å². The number of benzene rings is 1. The third-order valence-electron chi connectivity index (χ3n) is 3.91. The summed E-state index contributed by atoms with van der Waals surface area (Å²) in [5.41, 5.74) is 1.72. The van der Waals surface area contributed by atoms with E-state index in [1.54, 1.807) is 0 Å². The van der Waals surface area contributed by atoms with Crippen LogP contribution >= 0.6 is 15.9 Å². The van der Waals surface area contributed by atoms with Crippen molar-refractivity contribution in [1.82, 2.24) is 5.32 Å². The van der Waals surface area contributed by atoms with E-state index in [9.17, 15) is 0 Å². The van der Waals surface area contributed by atoms with Gasteiger partial charge >= 0.3 is 0 Å². The first-order valence-electron chi connectivity index (χ1n) is 6.07. The minimum atomic E-state index is 0.272. The zero-order chi connectivity index (χ0) is 11.6. The molecule has 1 aliphatic heterocycles. The quantitative estimate of drug-likeness (QED) is 0.871. The SMILES string of the molecule is CC(C)(c1ccc(Br)cc1)[C@@H]1CCCNC1. The Morgan fingerprint density at radius 2 is 1.94 bits per heavy atom. The number of piperidine rings is 1. The summed E-state index contributed by atoms with van der Waals surface area (Å²) in [6.07, 6.45) is 2.65. The van der Waals surface area contributed by atoms with Crippen molar-refractivity contribution in [2.24, 2.45) is 5.92 Å². The second kappa shape index (κ2) is 4.89. The van der Waals surface area contributed by atoms with Gasteiger partial charge in [-0.05, 0) is 55.0 Å². The fraction of sp³-hybridized carbons (Fsp3) is 0.571. The Morgan fingerprint density at radius 3 is 2.50 bits per heavy atom. The summed E-state index contributed by atoms with van der Waals surface area (Å²) >= 11 is 3.50. The van der Waals surface area contributed by atoms with E-state index in [0.717, 1.165) is 16.9 Å². The van der Waals surface area contributed by atoms with Gasteiger partial charge in [0.1, 0.15) is 0 Å². The van der Waals surface area contributed by atoms with Crippen LogP contribution in [0.3, 0.4) is 0 Å². The van der Waals surface area contributed by atoms with Crippen LogP contribution in [0.5, 0.6) is 0 Å². The Morgan fingerprint density at radius 1 is 1.25 bits per heavy atom. The smallest absolute Gasteiger partial charge is 0.0175 e. The molecule has 1 aromatic rings. The fourth-order valence-electron chi connectivity index (χ4n) is 2.58. The van der Waals surface area contributed by atoms with Crippen molar-refractivity contribution < 1.29 is 0 Å². The van der Waals surface area contributed by atoms with Crippen LogP contribution in [-0.4, -0.2) is 13.1 Å². The van der Waals surface area contributed by atoms with Gasteiger partial charge < -0.3 is 5.32 Å². The molecule has 1 aliphatic rings. The van der Waals surface area contributed by atoms with Gasteiger partial charge in [0, 0.05) is 4.47 Å². The summed E-state index contributed by atoms with van der Waals surface area (Å²) in [7, 11) is 0. The Kier molecular flexibility index (Phi) is 3.70. The number of hydrogen-bond donors (Lipinski definition) is 1. The zero-order valence-corrected chi connectivity index (χ0v) is 11.7. The lowest BCUT2D eigenvalue weighted by molar-refractivity contribution is 0.252. The highest BCUT2D eigenvalue weighted by molar-refractivity contribution is 9.10. The summed E-state index contributed by atoms with van der Waals surface area (Å²) in [4.78, 5) is 0. The molecule has 16 heavy (non-hydrogen) atoms. The standard InChI is InChI=1S/C14H20BrN/c1-14(2,12-4-3-9-16-10-12)11-5-7-13(15)8-6-11/h5-8,12,16H,3-4,9-10H2,1-2H3/t12-/m1/s1. The molecule has 1 heterocycles. The summed E-state index contributed by atoms with van der Waals surface area (Å²) in [6, 6.07) is 8.79. The molecule has 1 N–H and O–H groups in total. The third kappa shape index (κ3) is 2.49. The van der Waals surface area contributed by atoms with Crippen LogP contribution in [0.4, 0.5) is 0 Å². The van der Waals surface area contributed by atoms with E-state index >= 15 is 0 Å². The molecule has 1 saturated heterocycles. The first kappa shape index (κ1) is 12.1. The van der Waals surface area contributed by atoms with Crippen LogP contribution in [0, 0.1) is 5.92 Å². The number of hydrogen-bond acceptors (Lipinski definition) is 1. The first-order valence-corrected chi connectivity index (χ1v) is 6.87. The van der Waals surface area contributed by atoms with E-state index < -0.39 is 0 Å². The fourth-order valence-corrected chi connectivity index (χ4v) is 2.85. The Labute approximate surface area is 107 Å². The van der Waals surface area contributed by atoms with E-state index in [0.29, 0.717) is 0 Å². The van der Waals surface area contributed by atoms with Gasteiger partial charge in [-0.1, -0.05) is 41.9 Å². The molecule has 1 atom stereocenters. The van der Waals surface area contributed by atoms with Crippen molar-refractivity contribution in [1.29, 1.82) is 0 Å². The summed E-state index contributed by atoms with van der Waals surface area (Å²) in [6.45, 7) is 7.08. The molecule has 2 rings (SSSR count). The van der Waals surface area contributed by atoms with Gasteiger partial charge in [-0.3, -0.25) is 0 Å². The second-order valence-electron chi connectivity index (χ2n) is 5.27. The van der Waals surface area contributed by atoms with Gasteiger partial charge in [0.25, 0.3) is 0 Å². The molecule has 0 spiro atoms. The number of nitrogens with one attached hydrogen (secondary N) is 1. The van der Waals surface area contributed by atoms with Gasteiger partial charge in [0.15, 0.2) is 0 Å². The average Bonchev–Trinajstić information content (AvgIpc) is 2.31. The third-order valence-corrected chi connectivity index (χ3v) is 4.43. The van der Waals surface area contributed by atoms with Crippen LogP contribution in [0.25, 0.3) is 0 Å². The topological polar surface area (TPSA) is 12.0 Å². The maximum atomic E-state index is 3.51. The van der Waals surface area contributed by atoms with E-state index in [-0.39, 0.29) is 5.41 Å². The summed E-state index contributed by atoms with van der Waals surface area (Å²) in [5, 5.41) is 3.51. The lowest BCUT2D eigenvalue weighted by Crippen LogP contribution is -2.40. The molecule has 2 heteroatoms. The number of halogens is 1. The molecule has 1 fully saturated rings. The predicted molar refractivity (Wildman–Crippen MR) is 72.8 cm³/mol. The van der Waals surface area contributed by atoms with Crippen molar-refractivity contribution in [2.45, 2.75) is 32.1 Å². The first-order chi connectivity index (χ1) is 7.60. The molecule has 0 bridgehead atoms. The van der Waals surface area contributed by atoms with Gasteiger partial charge in [0.2, 0.25) is 0 Å². The maximum Gasteiger partial charge on any atom is 0.0175 e. The predicted octanol–water partition coefficient (Wildman–Crippen LogP) is 3.73. The molecule has 1 aromatic carbocycles. The van der Waals surface area contributed by atoms with Gasteiger partial charge in [-0.15, -0.1) is 0 Å². The van der Waals surface area contributed by atoms with Crippen molar-refractivity contribution in [2.75, 3.05) is 13.1 Å². The average molecular weight is 282 g/mol. The Bertz CT molecular complexity index is 336. The molecular formula is C14H20BrN. The highest BCUT2D eigenvalue weighted by atomic mass is 79.9. The highest BCUT2D eigenvalue weighted by Crippen LogP contribution is 2.35. The second-order valence-corrected chi connectivity index (χ2v) is 6.19. The van der Waals surface area contributed by atoms with Crippen molar-refractivity contribution in [3.05, 3.63) is 34.3 Å². The zero-order valence-electron chi connectivity index (χ0n) is 10.1. The van der Waals surface area contributed by atoms with Crippen molar-refractivity contribution >= 4 is 15.9 Å². The lowest BCUT2D eigenvalue weighted by Gasteiger charge is -2.37. The van der Waals surface area contributed by atoms with E-state index in [4.69, 9.17) is 0 Å². The van der Waals surface area contributed by atoms with E-state index in [1.165, 1.54) is 24.9 Å². The van der Waals surface area contributed by atoms with Gasteiger partial charge in [0.05, 0.1) is 0 Å². The van der Waals surface area contributed by atoms with Crippen LogP contribution in [0.2, 0.25) is 0 Å². The molecule has 0 amide bonds. The Balaban J connectivity index is 2.19. The van der Waals surface area contributed by atoms with Crippen LogP contribution in [0.15, 0.2) is 28.7 Å². The normalized spacial score (nSPS) is 22.1. The molecule has 0 aromatic heterocycles. The molecule has 0 aliphatic carbocycles. The minimum absolute atomic E-state index is 0.272. The van der Waals surface area contributed by atoms with Crippen molar-refractivity contribution in [3.8, 4) is 0 Å². The molecule has 0 unspecified atom stereocenters. The molecule has 0 radical (unpaired) electrons. The maximum absolute atomic E-state index is 3.51. The van der Waals surface area contributed by atoms with Crippen LogP contribution < -0.4 is 5.32 Å². The molecule has 1 nitrogen and oxygen atoms in total. The number of rotatable bonds is 2.